The van der Waals surface area contributed by atoms with Crippen molar-refractivity contribution in [2.75, 3.05) is 13.2 Å². The Morgan fingerprint density at radius 3 is 1.23 bits per heavy atom. The van der Waals surface area contributed by atoms with Crippen LogP contribution in [0.15, 0.2) is 12.2 Å². The van der Waals surface area contributed by atoms with Gasteiger partial charge in [0.1, 0.15) is 24.4 Å². The Morgan fingerprint density at radius 2 is 0.887 bits per heavy atom. The molecule has 1 rings (SSSR count). The van der Waals surface area contributed by atoms with Gasteiger partial charge in [-0.25, -0.2) is 4.18 Å². The lowest BCUT2D eigenvalue weighted by molar-refractivity contribution is -0.298. The minimum Gasteiger partial charge on any atom is -0.394 e. The van der Waals surface area contributed by atoms with Crippen molar-refractivity contribution in [3.63, 3.8) is 0 Å². The summed E-state index contributed by atoms with van der Waals surface area (Å²) in [5.74, 6) is -0.257. The largest absolute Gasteiger partial charge is 0.397 e. The second-order valence-corrected chi connectivity index (χ2v) is 22.4. The van der Waals surface area contributed by atoms with Gasteiger partial charge in [-0.05, 0) is 19.3 Å². The van der Waals surface area contributed by atoms with Crippen LogP contribution < -0.4 is 5.32 Å². The number of unbranched alkanes of at least 4 members (excludes halogenated alkanes) is 41. The summed E-state index contributed by atoms with van der Waals surface area (Å²) in [6, 6.07) is -0.939. The van der Waals surface area contributed by atoms with E-state index in [2.05, 4.69) is 23.3 Å². The van der Waals surface area contributed by atoms with Gasteiger partial charge in [0.2, 0.25) is 5.91 Å². The quantitative estimate of drug-likeness (QED) is 0.0193. The van der Waals surface area contributed by atoms with Crippen LogP contribution >= 0.6 is 0 Å². The van der Waals surface area contributed by atoms with Gasteiger partial charge in [0, 0.05) is 6.42 Å². The first-order valence-corrected chi connectivity index (χ1v) is 31.4. The van der Waals surface area contributed by atoms with Crippen molar-refractivity contribution in [2.24, 2.45) is 0 Å². The maximum Gasteiger partial charge on any atom is 0.397 e. The molecule has 12 nitrogen and oxygen atoms in total. The van der Waals surface area contributed by atoms with E-state index in [-0.39, 0.29) is 18.9 Å². The van der Waals surface area contributed by atoms with Crippen molar-refractivity contribution in [2.45, 2.75) is 339 Å². The number of ether oxygens (including phenoxy) is 2. The zero-order valence-electron chi connectivity index (χ0n) is 45.8. The Labute approximate surface area is 436 Å². The van der Waals surface area contributed by atoms with Crippen LogP contribution in [0, 0.1) is 0 Å². The Bertz CT molecular complexity index is 1310. The molecule has 1 aliphatic heterocycles. The molecule has 7 unspecified atom stereocenters. The lowest BCUT2D eigenvalue weighted by Crippen LogP contribution is -2.61. The number of carbonyl (C=O) groups excluding carboxylic acids is 1. The molecule has 6 N–H and O–H groups in total. The number of amides is 1. The summed E-state index contributed by atoms with van der Waals surface area (Å²) in [6.07, 6.45) is 50.2. The standard InChI is InChI=1S/C58H113NO11S/c1-3-5-7-9-11-13-15-16-17-18-19-20-21-22-23-24-25-26-27-28-29-30-31-32-33-34-35-36-38-40-42-44-46-48-54(62)59-51(52(61)47-45-43-41-39-37-14-12-10-8-6-4-2)50-68-58-56(64)57(70-71(65,66)67)55(63)53(49-60)69-58/h45,47,51-53,55-58,60-61,63-64H,3-44,46,48-50H2,1-2H3,(H,59,62)(H,65,66,67)/b47-45+. The van der Waals surface area contributed by atoms with Crippen molar-refractivity contribution in [1.82, 2.24) is 5.32 Å². The zero-order chi connectivity index (χ0) is 51.9. The van der Waals surface area contributed by atoms with E-state index >= 15 is 0 Å². The Balaban J connectivity index is 2.17. The fourth-order valence-electron chi connectivity index (χ4n) is 9.93. The first-order chi connectivity index (χ1) is 34.5. The van der Waals surface area contributed by atoms with Gasteiger partial charge < -0.3 is 35.2 Å². The van der Waals surface area contributed by atoms with Crippen LogP contribution in [-0.2, 0) is 28.9 Å². The smallest absolute Gasteiger partial charge is 0.394 e. The van der Waals surface area contributed by atoms with Crippen molar-refractivity contribution in [3.05, 3.63) is 12.2 Å². The molecular formula is C58H113NO11S. The van der Waals surface area contributed by atoms with Crippen LogP contribution in [0.4, 0.5) is 0 Å². The van der Waals surface area contributed by atoms with Crippen LogP contribution in [0.1, 0.15) is 296 Å². The first-order valence-electron chi connectivity index (χ1n) is 30.1. The number of carbonyl (C=O) groups is 1. The van der Waals surface area contributed by atoms with Crippen LogP contribution in [0.2, 0.25) is 0 Å². The lowest BCUT2D eigenvalue weighted by Gasteiger charge is -2.41. The van der Waals surface area contributed by atoms with Gasteiger partial charge in [-0.3, -0.25) is 9.35 Å². The molecule has 7 atom stereocenters. The second-order valence-electron chi connectivity index (χ2n) is 21.3. The number of hydrogen-bond acceptors (Lipinski definition) is 10. The molecule has 1 amide bonds. The molecule has 422 valence electrons. The molecule has 0 spiro atoms. The number of aliphatic hydroxyl groups excluding tert-OH is 4. The molecule has 0 aromatic rings. The molecule has 13 heteroatoms. The van der Waals surface area contributed by atoms with Gasteiger partial charge in [0.15, 0.2) is 6.29 Å². The molecule has 0 bridgehead atoms. The summed E-state index contributed by atoms with van der Waals surface area (Å²) in [5, 5.41) is 44.8. The van der Waals surface area contributed by atoms with Crippen LogP contribution in [0.3, 0.4) is 0 Å². The third-order valence-electron chi connectivity index (χ3n) is 14.6. The minimum atomic E-state index is -5.08. The van der Waals surface area contributed by atoms with Crippen LogP contribution in [0.25, 0.3) is 0 Å². The van der Waals surface area contributed by atoms with Gasteiger partial charge in [0.05, 0.1) is 25.4 Å². The molecule has 1 aliphatic rings. The number of nitrogens with one attached hydrogen (secondary N) is 1. The molecular weight excluding hydrogens is 919 g/mol. The molecule has 71 heavy (non-hydrogen) atoms. The Kier molecular flexibility index (Phi) is 46.3. The highest BCUT2D eigenvalue weighted by Crippen LogP contribution is 2.26. The summed E-state index contributed by atoms with van der Waals surface area (Å²) in [6.45, 7) is 3.41. The number of allylic oxidation sites excluding steroid dienone is 1. The van der Waals surface area contributed by atoms with Gasteiger partial charge in [0.25, 0.3) is 0 Å². The van der Waals surface area contributed by atoms with E-state index in [1.165, 1.54) is 231 Å². The average Bonchev–Trinajstić information content (AvgIpc) is 3.34. The van der Waals surface area contributed by atoms with Crippen molar-refractivity contribution < 1.29 is 51.8 Å². The number of rotatable bonds is 53. The summed E-state index contributed by atoms with van der Waals surface area (Å²) in [5.41, 5.74) is 0. The summed E-state index contributed by atoms with van der Waals surface area (Å²) in [4.78, 5) is 13.1. The molecule has 0 aliphatic carbocycles. The zero-order valence-corrected chi connectivity index (χ0v) is 46.6. The Morgan fingerprint density at radius 1 is 0.549 bits per heavy atom. The molecule has 0 aromatic carbocycles. The predicted octanol–water partition coefficient (Wildman–Crippen LogP) is 14.2. The predicted molar refractivity (Wildman–Crippen MR) is 292 cm³/mol. The molecule has 1 saturated heterocycles. The van der Waals surface area contributed by atoms with E-state index in [4.69, 9.17) is 9.47 Å². The maximum absolute atomic E-state index is 13.1. The van der Waals surface area contributed by atoms with E-state index in [9.17, 15) is 38.2 Å². The lowest BCUT2D eigenvalue weighted by atomic mass is 9.99. The van der Waals surface area contributed by atoms with Gasteiger partial charge in [-0.15, -0.1) is 0 Å². The SMILES string of the molecule is CCCCCCCCCCC/C=C/C(O)C(COC1OC(CO)C(O)C(OS(=O)(=O)O)C1O)NC(=O)CCCCCCCCCCCCCCCCCCCCCCCCCCCCCCCCCCC. The molecule has 0 radical (unpaired) electrons. The molecule has 0 saturated carbocycles. The van der Waals surface area contributed by atoms with Gasteiger partial charge in [-0.2, -0.15) is 8.42 Å². The summed E-state index contributed by atoms with van der Waals surface area (Å²) < 4.78 is 47.7. The topological polar surface area (TPSA) is 192 Å². The normalized spacial score (nSPS) is 19.5. The molecule has 1 fully saturated rings. The maximum atomic E-state index is 13.1. The van der Waals surface area contributed by atoms with E-state index in [1.807, 2.05) is 6.08 Å². The third kappa shape index (κ3) is 40.8. The van der Waals surface area contributed by atoms with Crippen LogP contribution in [-0.4, -0.2) is 95.4 Å². The third-order valence-corrected chi connectivity index (χ3v) is 15.0. The van der Waals surface area contributed by atoms with E-state index in [0.717, 1.165) is 38.5 Å². The van der Waals surface area contributed by atoms with Crippen molar-refractivity contribution >= 4 is 16.3 Å². The fraction of sp³-hybridized carbons (Fsp3) is 0.948. The first kappa shape index (κ1) is 67.9. The highest BCUT2D eigenvalue weighted by Gasteiger charge is 2.48. The van der Waals surface area contributed by atoms with Crippen molar-refractivity contribution in [1.29, 1.82) is 0 Å². The van der Waals surface area contributed by atoms with Crippen LogP contribution in [0.5, 0.6) is 0 Å². The van der Waals surface area contributed by atoms with E-state index in [0.29, 0.717) is 6.42 Å². The van der Waals surface area contributed by atoms with E-state index in [1.54, 1.807) is 6.08 Å². The average molecular weight is 1030 g/mol. The second kappa shape index (κ2) is 48.5. The molecule has 0 aromatic heterocycles. The summed E-state index contributed by atoms with van der Waals surface area (Å²) >= 11 is 0. The Hall–Kier alpha value is -1.16. The number of aliphatic hydroxyl groups is 4. The minimum absolute atomic E-state index is 0.257. The van der Waals surface area contributed by atoms with E-state index < -0.39 is 59.9 Å². The monoisotopic (exact) mass is 1030 g/mol. The van der Waals surface area contributed by atoms with Gasteiger partial charge >= 0.3 is 10.4 Å². The van der Waals surface area contributed by atoms with Gasteiger partial charge in [-0.1, -0.05) is 283 Å². The summed E-state index contributed by atoms with van der Waals surface area (Å²) in [7, 11) is -5.08. The number of hydrogen-bond donors (Lipinski definition) is 6. The highest BCUT2D eigenvalue weighted by molar-refractivity contribution is 7.80. The van der Waals surface area contributed by atoms with Crippen molar-refractivity contribution in [3.8, 4) is 0 Å². The molecule has 1 heterocycles. The highest BCUT2D eigenvalue weighted by atomic mass is 32.3. The fourth-order valence-corrected chi connectivity index (χ4v) is 10.4.